The smallest absolute Gasteiger partial charge is 0.0600 e. The van der Waals surface area contributed by atoms with Gasteiger partial charge in [0.1, 0.15) is 0 Å². The van der Waals surface area contributed by atoms with Gasteiger partial charge in [0.05, 0.1) is 12.7 Å². The molecule has 2 rings (SSSR count). The summed E-state index contributed by atoms with van der Waals surface area (Å²) in [6.45, 7) is 9.14. The van der Waals surface area contributed by atoms with E-state index in [-0.39, 0.29) is 0 Å². The Hall–Kier alpha value is -0.120. The van der Waals surface area contributed by atoms with Gasteiger partial charge in [-0.1, -0.05) is 6.92 Å². The molecule has 2 aliphatic rings. The molecule has 3 heteroatoms. The van der Waals surface area contributed by atoms with E-state index in [4.69, 9.17) is 4.74 Å². The summed E-state index contributed by atoms with van der Waals surface area (Å²) in [5, 5.41) is 3.38. The van der Waals surface area contributed by atoms with E-state index >= 15 is 0 Å². The predicted molar refractivity (Wildman–Crippen MR) is 71.3 cm³/mol. The molecule has 1 aliphatic carbocycles. The lowest BCUT2D eigenvalue weighted by molar-refractivity contribution is 0.0196. The highest BCUT2D eigenvalue weighted by molar-refractivity contribution is 4.77. The zero-order chi connectivity index (χ0) is 11.9. The van der Waals surface area contributed by atoms with Crippen molar-refractivity contribution in [2.75, 3.05) is 39.3 Å². The third kappa shape index (κ3) is 5.36. The van der Waals surface area contributed by atoms with Crippen LogP contribution in [0, 0.1) is 5.92 Å². The Labute approximate surface area is 106 Å². The first kappa shape index (κ1) is 13.3. The molecule has 100 valence electrons. The predicted octanol–water partition coefficient (Wildman–Crippen LogP) is 1.88. The molecular formula is C14H28N2O. The van der Waals surface area contributed by atoms with Crippen LogP contribution in [0.5, 0.6) is 0 Å². The van der Waals surface area contributed by atoms with Gasteiger partial charge in [-0.15, -0.1) is 0 Å². The van der Waals surface area contributed by atoms with E-state index in [0.717, 1.165) is 32.2 Å². The van der Waals surface area contributed by atoms with E-state index < -0.39 is 0 Å². The monoisotopic (exact) mass is 240 g/mol. The molecule has 0 spiro atoms. The maximum absolute atomic E-state index is 5.98. The Morgan fingerprint density at radius 2 is 1.88 bits per heavy atom. The van der Waals surface area contributed by atoms with Gasteiger partial charge >= 0.3 is 0 Å². The first-order valence-electron chi connectivity index (χ1n) is 7.43. The van der Waals surface area contributed by atoms with E-state index in [0.29, 0.717) is 6.10 Å². The van der Waals surface area contributed by atoms with Gasteiger partial charge in [0.15, 0.2) is 0 Å². The van der Waals surface area contributed by atoms with E-state index in [1.54, 1.807) is 0 Å². The van der Waals surface area contributed by atoms with Crippen molar-refractivity contribution in [2.24, 2.45) is 5.92 Å². The summed E-state index contributed by atoms with van der Waals surface area (Å²) in [5.74, 6) is 1.00. The third-order valence-corrected chi connectivity index (χ3v) is 3.80. The number of nitrogens with zero attached hydrogens (tertiary/aromatic N) is 1. The van der Waals surface area contributed by atoms with Gasteiger partial charge in [0, 0.05) is 13.1 Å². The molecule has 1 N–H and O–H groups in total. The fourth-order valence-corrected chi connectivity index (χ4v) is 2.59. The van der Waals surface area contributed by atoms with Gasteiger partial charge < -0.3 is 15.0 Å². The van der Waals surface area contributed by atoms with Gasteiger partial charge in [-0.25, -0.2) is 0 Å². The minimum Gasteiger partial charge on any atom is -0.377 e. The molecule has 0 aromatic rings. The van der Waals surface area contributed by atoms with Crippen molar-refractivity contribution >= 4 is 0 Å². The lowest BCUT2D eigenvalue weighted by atomic mass is 10.1. The summed E-state index contributed by atoms with van der Waals surface area (Å²) in [7, 11) is 0. The highest BCUT2D eigenvalue weighted by Crippen LogP contribution is 2.29. The van der Waals surface area contributed by atoms with Crippen LogP contribution in [-0.4, -0.2) is 50.3 Å². The van der Waals surface area contributed by atoms with Crippen LogP contribution in [0.1, 0.15) is 39.0 Å². The molecule has 0 aromatic carbocycles. The summed E-state index contributed by atoms with van der Waals surface area (Å²) < 4.78 is 5.98. The van der Waals surface area contributed by atoms with Crippen LogP contribution in [-0.2, 0) is 4.74 Å². The highest BCUT2D eigenvalue weighted by atomic mass is 16.5. The average Bonchev–Trinajstić information content (AvgIpc) is 3.15. The Bertz CT molecular complexity index is 200. The van der Waals surface area contributed by atoms with Crippen molar-refractivity contribution in [3.05, 3.63) is 0 Å². The van der Waals surface area contributed by atoms with Crippen molar-refractivity contribution in [3.63, 3.8) is 0 Å². The van der Waals surface area contributed by atoms with Crippen LogP contribution in [0.25, 0.3) is 0 Å². The molecule has 0 radical (unpaired) electrons. The number of hydrogen-bond donors (Lipinski definition) is 1. The van der Waals surface area contributed by atoms with E-state index in [1.165, 1.54) is 45.2 Å². The first-order valence-corrected chi connectivity index (χ1v) is 7.43. The van der Waals surface area contributed by atoms with Gasteiger partial charge in [0.25, 0.3) is 0 Å². The van der Waals surface area contributed by atoms with Crippen LogP contribution in [0.2, 0.25) is 0 Å². The number of ether oxygens (including phenoxy) is 1. The Morgan fingerprint density at radius 1 is 1.12 bits per heavy atom. The Balaban J connectivity index is 1.56. The lowest BCUT2D eigenvalue weighted by Crippen LogP contribution is -2.35. The maximum Gasteiger partial charge on any atom is 0.0600 e. The van der Waals surface area contributed by atoms with Gasteiger partial charge in [0.2, 0.25) is 0 Å². The minimum atomic E-state index is 0.514. The summed E-state index contributed by atoms with van der Waals surface area (Å²) >= 11 is 0. The highest BCUT2D eigenvalue weighted by Gasteiger charge is 2.24. The van der Waals surface area contributed by atoms with Crippen molar-refractivity contribution in [1.29, 1.82) is 0 Å². The fourth-order valence-electron chi connectivity index (χ4n) is 2.59. The molecule has 2 fully saturated rings. The van der Waals surface area contributed by atoms with Crippen LogP contribution in [0.3, 0.4) is 0 Å². The summed E-state index contributed by atoms with van der Waals surface area (Å²) in [6, 6.07) is 0. The summed E-state index contributed by atoms with van der Waals surface area (Å²) in [5.41, 5.74) is 0. The minimum absolute atomic E-state index is 0.514. The second kappa shape index (κ2) is 7.34. The quantitative estimate of drug-likeness (QED) is 0.701. The zero-order valence-corrected chi connectivity index (χ0v) is 11.3. The molecular weight excluding hydrogens is 212 g/mol. The standard InChI is InChI=1S/C14H28N2O/c1-2-9-16(12-13-3-4-13)10-11-17-14-5-7-15-8-6-14/h13-15H,2-12H2,1H3. The van der Waals surface area contributed by atoms with E-state index in [2.05, 4.69) is 17.1 Å². The third-order valence-electron chi connectivity index (χ3n) is 3.80. The molecule has 3 nitrogen and oxygen atoms in total. The Kier molecular flexibility index (Phi) is 5.75. The van der Waals surface area contributed by atoms with Gasteiger partial charge in [-0.3, -0.25) is 0 Å². The molecule has 0 amide bonds. The lowest BCUT2D eigenvalue weighted by Gasteiger charge is -2.26. The average molecular weight is 240 g/mol. The molecule has 1 aliphatic heterocycles. The molecule has 1 heterocycles. The summed E-state index contributed by atoms with van der Waals surface area (Å²) in [6.07, 6.45) is 7.07. The number of nitrogens with one attached hydrogen (secondary N) is 1. The van der Waals surface area contributed by atoms with E-state index in [1.807, 2.05) is 0 Å². The second-order valence-corrected chi connectivity index (χ2v) is 5.56. The summed E-state index contributed by atoms with van der Waals surface area (Å²) in [4.78, 5) is 2.60. The normalized spacial score (nSPS) is 22.2. The topological polar surface area (TPSA) is 24.5 Å². The molecule has 1 saturated carbocycles. The van der Waals surface area contributed by atoms with Crippen molar-refractivity contribution in [2.45, 2.75) is 45.1 Å². The zero-order valence-electron chi connectivity index (χ0n) is 11.3. The molecule has 0 bridgehead atoms. The number of rotatable bonds is 8. The number of piperidine rings is 1. The van der Waals surface area contributed by atoms with Crippen molar-refractivity contribution in [1.82, 2.24) is 10.2 Å². The first-order chi connectivity index (χ1) is 8.38. The van der Waals surface area contributed by atoms with Crippen LogP contribution < -0.4 is 5.32 Å². The SMILES string of the molecule is CCCN(CCOC1CCNCC1)CC1CC1. The Morgan fingerprint density at radius 3 is 2.53 bits per heavy atom. The van der Waals surface area contributed by atoms with Crippen molar-refractivity contribution in [3.8, 4) is 0 Å². The van der Waals surface area contributed by atoms with Crippen LogP contribution in [0.4, 0.5) is 0 Å². The van der Waals surface area contributed by atoms with Crippen molar-refractivity contribution < 1.29 is 4.74 Å². The second-order valence-electron chi connectivity index (χ2n) is 5.56. The molecule has 0 atom stereocenters. The number of hydrogen-bond acceptors (Lipinski definition) is 3. The van der Waals surface area contributed by atoms with E-state index in [9.17, 15) is 0 Å². The van der Waals surface area contributed by atoms with Gasteiger partial charge in [-0.2, -0.15) is 0 Å². The molecule has 0 aromatic heterocycles. The maximum atomic E-state index is 5.98. The van der Waals surface area contributed by atoms with Crippen LogP contribution in [0.15, 0.2) is 0 Å². The molecule has 17 heavy (non-hydrogen) atoms. The largest absolute Gasteiger partial charge is 0.377 e. The molecule has 1 saturated heterocycles. The molecule has 0 unspecified atom stereocenters. The van der Waals surface area contributed by atoms with Gasteiger partial charge in [-0.05, 0) is 57.7 Å². The van der Waals surface area contributed by atoms with Crippen LogP contribution >= 0.6 is 0 Å². The fraction of sp³-hybridized carbons (Fsp3) is 1.00.